The number of H-pyrrole nitrogens is 1. The molecule has 1 aromatic heterocycles. The maximum atomic E-state index is 13.2. The highest BCUT2D eigenvalue weighted by Crippen LogP contribution is 2.37. The second-order valence-corrected chi connectivity index (χ2v) is 8.76. The van der Waals surface area contributed by atoms with Gasteiger partial charge in [-0.1, -0.05) is 42.5 Å². The summed E-state index contributed by atoms with van der Waals surface area (Å²) in [5, 5.41) is 3.28. The second-order valence-electron chi connectivity index (χ2n) is 8.76. The Hall–Kier alpha value is -3.01. The lowest BCUT2D eigenvalue weighted by Crippen LogP contribution is -2.39. The summed E-state index contributed by atoms with van der Waals surface area (Å²) >= 11 is 0. The van der Waals surface area contributed by atoms with Crippen molar-refractivity contribution in [2.45, 2.75) is 51.5 Å². The number of hydrogen-bond donors (Lipinski definition) is 2. The van der Waals surface area contributed by atoms with E-state index in [1.807, 2.05) is 37.3 Å². The molecule has 4 nitrogen and oxygen atoms in total. The van der Waals surface area contributed by atoms with Crippen molar-refractivity contribution in [2.24, 2.45) is 5.92 Å². The zero-order chi connectivity index (χ0) is 21.8. The first-order valence-corrected chi connectivity index (χ1v) is 11.2. The Morgan fingerprint density at radius 1 is 1.03 bits per heavy atom. The molecule has 0 spiro atoms. The summed E-state index contributed by atoms with van der Waals surface area (Å²) in [4.78, 5) is 16.5. The zero-order valence-electron chi connectivity index (χ0n) is 18.7. The lowest BCUT2D eigenvalue weighted by atomic mass is 9.76. The number of benzene rings is 2. The molecule has 4 heteroatoms. The minimum Gasteiger partial charge on any atom is -0.497 e. The van der Waals surface area contributed by atoms with E-state index in [0.717, 1.165) is 35.5 Å². The highest BCUT2D eigenvalue weighted by molar-refractivity contribution is 6.00. The first-order chi connectivity index (χ1) is 15.0. The first-order valence-electron chi connectivity index (χ1n) is 11.2. The van der Waals surface area contributed by atoms with Crippen molar-refractivity contribution >= 4 is 5.91 Å². The van der Waals surface area contributed by atoms with Gasteiger partial charge in [-0.3, -0.25) is 4.79 Å². The van der Waals surface area contributed by atoms with Crippen molar-refractivity contribution < 1.29 is 9.53 Å². The topological polar surface area (TPSA) is 54.1 Å². The van der Waals surface area contributed by atoms with Crippen molar-refractivity contribution in [3.05, 3.63) is 77.5 Å². The number of rotatable bonds is 6. The number of hydrogen-bond acceptors (Lipinski definition) is 2. The summed E-state index contributed by atoms with van der Waals surface area (Å²) in [5.41, 5.74) is 4.90. The minimum atomic E-state index is -0.0140. The van der Waals surface area contributed by atoms with Crippen LogP contribution < -0.4 is 10.1 Å². The number of nitrogens with one attached hydrogen (secondary N) is 2. The van der Waals surface area contributed by atoms with Crippen LogP contribution in [0.5, 0.6) is 5.75 Å². The molecule has 0 saturated heterocycles. The van der Waals surface area contributed by atoms with Gasteiger partial charge in [0.2, 0.25) is 0 Å². The van der Waals surface area contributed by atoms with Gasteiger partial charge in [0.15, 0.2) is 0 Å². The first kappa shape index (κ1) is 21.2. The second kappa shape index (κ2) is 9.42. The minimum absolute atomic E-state index is 0.0140. The normalized spacial score (nSPS) is 19.6. The van der Waals surface area contributed by atoms with Gasteiger partial charge in [-0.15, -0.1) is 0 Å². The van der Waals surface area contributed by atoms with Gasteiger partial charge < -0.3 is 15.0 Å². The van der Waals surface area contributed by atoms with E-state index in [4.69, 9.17) is 4.74 Å². The van der Waals surface area contributed by atoms with Crippen LogP contribution in [0.4, 0.5) is 0 Å². The highest BCUT2D eigenvalue weighted by atomic mass is 16.5. The van der Waals surface area contributed by atoms with E-state index < -0.39 is 0 Å². The summed E-state index contributed by atoms with van der Waals surface area (Å²) in [5.74, 6) is 1.93. The molecule has 1 saturated carbocycles. The summed E-state index contributed by atoms with van der Waals surface area (Å²) in [6, 6.07) is 20.7. The average Bonchev–Trinajstić information content (AvgIpc) is 3.21. The zero-order valence-corrected chi connectivity index (χ0v) is 18.7. The Labute approximate surface area is 185 Å². The molecule has 0 radical (unpaired) electrons. The molecule has 31 heavy (non-hydrogen) atoms. The number of ether oxygens (including phenoxy) is 1. The maximum absolute atomic E-state index is 13.2. The van der Waals surface area contributed by atoms with Crippen molar-refractivity contribution in [1.29, 1.82) is 0 Å². The molecule has 1 fully saturated rings. The summed E-state index contributed by atoms with van der Waals surface area (Å²) in [6.45, 7) is 4.13. The molecule has 162 valence electrons. The van der Waals surface area contributed by atoms with E-state index in [1.165, 1.54) is 18.4 Å². The molecule has 1 heterocycles. The predicted molar refractivity (Wildman–Crippen MR) is 126 cm³/mol. The van der Waals surface area contributed by atoms with Crippen LogP contribution in [0.3, 0.4) is 0 Å². The largest absolute Gasteiger partial charge is 0.497 e. The number of aromatic amines is 1. The Kier molecular flexibility index (Phi) is 6.45. The van der Waals surface area contributed by atoms with Gasteiger partial charge in [0.1, 0.15) is 5.75 Å². The molecule has 0 unspecified atom stereocenters. The van der Waals surface area contributed by atoms with E-state index in [1.54, 1.807) is 7.11 Å². The van der Waals surface area contributed by atoms with E-state index in [0.29, 0.717) is 17.4 Å². The van der Waals surface area contributed by atoms with Gasteiger partial charge >= 0.3 is 0 Å². The Morgan fingerprint density at radius 2 is 1.77 bits per heavy atom. The Bertz CT molecular complexity index is 1020. The quantitative estimate of drug-likeness (QED) is 0.511. The van der Waals surface area contributed by atoms with Crippen molar-refractivity contribution in [3.8, 4) is 17.0 Å². The number of amides is 1. The number of aromatic nitrogens is 1. The number of aryl methyl sites for hydroxylation is 1. The SMILES string of the molecule is COc1cccc(-c2[nH]c(C)cc2C(=O)N[C@@H](C)C2CCC(c3ccccc3)CC2)c1. The van der Waals surface area contributed by atoms with E-state index >= 15 is 0 Å². The molecular weight excluding hydrogens is 384 g/mol. The molecule has 2 aromatic carbocycles. The van der Waals surface area contributed by atoms with Crippen LogP contribution in [0.25, 0.3) is 11.3 Å². The molecule has 0 aliphatic heterocycles. The van der Waals surface area contributed by atoms with Gasteiger partial charge in [0, 0.05) is 17.3 Å². The smallest absolute Gasteiger partial charge is 0.253 e. The fraction of sp³-hybridized carbons (Fsp3) is 0.370. The monoisotopic (exact) mass is 416 g/mol. The Balaban J connectivity index is 1.42. The molecule has 3 aromatic rings. The van der Waals surface area contributed by atoms with Crippen LogP contribution >= 0.6 is 0 Å². The molecule has 4 rings (SSSR count). The van der Waals surface area contributed by atoms with Gasteiger partial charge in [-0.05, 0) is 75.1 Å². The average molecular weight is 417 g/mol. The standard InChI is InChI=1S/C27H32N2O2/c1-18-16-25(26(28-18)23-10-7-11-24(17-23)31-3)27(30)29-19(2)20-12-14-22(15-13-20)21-8-5-4-6-9-21/h4-11,16-17,19-20,22,28H,12-15H2,1-3H3,(H,29,30)/t19-,20?,22?/m0/s1. The highest BCUT2D eigenvalue weighted by Gasteiger charge is 2.28. The Morgan fingerprint density at radius 3 is 2.48 bits per heavy atom. The molecule has 1 aliphatic carbocycles. The fourth-order valence-corrected chi connectivity index (χ4v) is 4.85. The van der Waals surface area contributed by atoms with Crippen LogP contribution in [0.1, 0.15) is 60.1 Å². The number of carbonyl (C=O) groups is 1. The summed E-state index contributed by atoms with van der Waals surface area (Å²) < 4.78 is 5.35. The summed E-state index contributed by atoms with van der Waals surface area (Å²) in [6.07, 6.45) is 4.67. The predicted octanol–water partition coefficient (Wildman–Crippen LogP) is 6.09. The number of methoxy groups -OCH3 is 1. The fourth-order valence-electron chi connectivity index (χ4n) is 4.85. The molecule has 2 N–H and O–H groups in total. The van der Waals surface area contributed by atoms with E-state index in [2.05, 4.69) is 47.6 Å². The van der Waals surface area contributed by atoms with Gasteiger partial charge in [-0.25, -0.2) is 0 Å². The van der Waals surface area contributed by atoms with Gasteiger partial charge in [0.05, 0.1) is 18.4 Å². The van der Waals surface area contributed by atoms with E-state index in [-0.39, 0.29) is 11.9 Å². The molecular formula is C27H32N2O2. The van der Waals surface area contributed by atoms with Crippen LogP contribution in [0.2, 0.25) is 0 Å². The third-order valence-electron chi connectivity index (χ3n) is 6.66. The molecule has 1 amide bonds. The summed E-state index contributed by atoms with van der Waals surface area (Å²) in [7, 11) is 1.65. The van der Waals surface area contributed by atoms with Crippen LogP contribution in [-0.4, -0.2) is 24.0 Å². The van der Waals surface area contributed by atoms with Gasteiger partial charge in [0.25, 0.3) is 5.91 Å². The van der Waals surface area contributed by atoms with Crippen LogP contribution in [0.15, 0.2) is 60.7 Å². The van der Waals surface area contributed by atoms with Crippen molar-refractivity contribution in [2.75, 3.05) is 7.11 Å². The molecule has 1 atom stereocenters. The third-order valence-corrected chi connectivity index (χ3v) is 6.66. The lowest BCUT2D eigenvalue weighted by molar-refractivity contribution is 0.0918. The van der Waals surface area contributed by atoms with Crippen LogP contribution in [-0.2, 0) is 0 Å². The van der Waals surface area contributed by atoms with Crippen LogP contribution in [0, 0.1) is 12.8 Å². The van der Waals surface area contributed by atoms with E-state index in [9.17, 15) is 4.79 Å². The number of carbonyl (C=O) groups excluding carboxylic acids is 1. The van der Waals surface area contributed by atoms with Gasteiger partial charge in [-0.2, -0.15) is 0 Å². The maximum Gasteiger partial charge on any atom is 0.253 e. The third kappa shape index (κ3) is 4.84. The molecule has 1 aliphatic rings. The van der Waals surface area contributed by atoms with Crippen molar-refractivity contribution in [1.82, 2.24) is 10.3 Å². The lowest BCUT2D eigenvalue weighted by Gasteiger charge is -2.33. The van der Waals surface area contributed by atoms with Crippen molar-refractivity contribution in [3.63, 3.8) is 0 Å². The molecule has 0 bridgehead atoms.